The summed E-state index contributed by atoms with van der Waals surface area (Å²) < 4.78 is 7.50. The minimum Gasteiger partial charge on any atom is -0.460 e. The molecule has 0 aliphatic heterocycles. The molecule has 4 nitrogen and oxygen atoms in total. The maximum Gasteiger partial charge on any atom is 0.206 e. The summed E-state index contributed by atoms with van der Waals surface area (Å²) in [6.45, 7) is 11.1. The number of aromatic nitrogens is 1. The number of rotatable bonds is 4. The topological polar surface area (TPSA) is 42.8 Å². The van der Waals surface area contributed by atoms with Crippen molar-refractivity contribution in [3.63, 3.8) is 0 Å². The smallest absolute Gasteiger partial charge is 0.206 e. The lowest BCUT2D eigenvalue weighted by atomic mass is 9.99. The fraction of sp³-hybridized carbons (Fsp3) is 0.300. The monoisotopic (exact) mass is 353 g/mol. The summed E-state index contributed by atoms with van der Waals surface area (Å²) in [5.41, 5.74) is 6.05. The summed E-state index contributed by atoms with van der Waals surface area (Å²) in [4.78, 5) is 5.46. The molecule has 3 aromatic rings. The Balaban J connectivity index is 2.14. The van der Waals surface area contributed by atoms with Gasteiger partial charge in [-0.1, -0.05) is 6.07 Å². The molecule has 3 rings (SSSR count). The lowest BCUT2D eigenvalue weighted by Crippen LogP contribution is -2.12. The first-order valence-corrected chi connectivity index (χ1v) is 9.27. The van der Waals surface area contributed by atoms with Gasteiger partial charge in [-0.05, 0) is 69.5 Å². The number of hydrogen-bond donors (Lipinski definition) is 0. The fourth-order valence-electron chi connectivity index (χ4n) is 2.71. The number of thiazole rings is 1. The quantitative estimate of drug-likeness (QED) is 0.619. The zero-order valence-corrected chi connectivity index (χ0v) is 16.1. The third kappa shape index (κ3) is 3.66. The van der Waals surface area contributed by atoms with Crippen LogP contribution in [-0.2, 0) is 0 Å². The van der Waals surface area contributed by atoms with Crippen LogP contribution in [-0.4, -0.2) is 17.4 Å². The molecule has 0 unspecified atom stereocenters. The number of furan rings is 1. The highest BCUT2D eigenvalue weighted by Crippen LogP contribution is 2.27. The second-order valence-electron chi connectivity index (χ2n) is 6.13. The molecule has 0 saturated carbocycles. The molecular weight excluding hydrogens is 330 g/mol. The first kappa shape index (κ1) is 17.4. The third-order valence-corrected chi connectivity index (χ3v) is 5.01. The van der Waals surface area contributed by atoms with Crippen molar-refractivity contribution in [2.45, 2.75) is 34.6 Å². The fourth-order valence-corrected chi connectivity index (χ4v) is 3.61. The highest BCUT2D eigenvalue weighted by Gasteiger charge is 2.11. The number of nitrogens with zero attached hydrogens (tertiary/aromatic N) is 3. The van der Waals surface area contributed by atoms with E-state index < -0.39 is 0 Å². The van der Waals surface area contributed by atoms with Crippen LogP contribution in [0.15, 0.2) is 44.2 Å². The van der Waals surface area contributed by atoms with Crippen LogP contribution in [0.2, 0.25) is 0 Å². The lowest BCUT2D eigenvalue weighted by Gasteiger charge is -2.10. The van der Waals surface area contributed by atoms with Gasteiger partial charge in [-0.25, -0.2) is 4.68 Å². The molecule has 0 aliphatic rings. The van der Waals surface area contributed by atoms with E-state index in [1.807, 2.05) is 30.7 Å². The molecule has 2 heterocycles. The number of aryl methyl sites for hydroxylation is 4. The van der Waals surface area contributed by atoms with E-state index in [0.717, 1.165) is 28.6 Å². The van der Waals surface area contributed by atoms with E-state index in [0.29, 0.717) is 0 Å². The zero-order chi connectivity index (χ0) is 18.0. The largest absolute Gasteiger partial charge is 0.460 e. The Morgan fingerprint density at radius 1 is 1.08 bits per heavy atom. The predicted octanol–water partition coefficient (Wildman–Crippen LogP) is 4.85. The van der Waals surface area contributed by atoms with Gasteiger partial charge in [-0.3, -0.25) is 4.99 Å². The van der Waals surface area contributed by atoms with Gasteiger partial charge in [-0.15, -0.1) is 11.3 Å². The van der Waals surface area contributed by atoms with Crippen LogP contribution >= 0.6 is 11.3 Å². The van der Waals surface area contributed by atoms with E-state index in [2.05, 4.69) is 48.4 Å². The van der Waals surface area contributed by atoms with Crippen LogP contribution in [0.4, 0.5) is 0 Å². The molecule has 0 fully saturated rings. The van der Waals surface area contributed by atoms with Crippen molar-refractivity contribution in [2.24, 2.45) is 10.1 Å². The molecule has 1 aromatic carbocycles. The molecule has 0 saturated heterocycles. The van der Waals surface area contributed by atoms with Gasteiger partial charge in [0.15, 0.2) is 0 Å². The standard InChI is InChI=1S/C20H23N3OS/c1-6-21-20-23(22-11-17-8-7-16(5)24-17)19(12-25-20)18-10-14(3)13(2)9-15(18)4/h7-12H,6H2,1-5H3. The summed E-state index contributed by atoms with van der Waals surface area (Å²) in [7, 11) is 0. The van der Waals surface area contributed by atoms with E-state index in [1.54, 1.807) is 17.6 Å². The molecule has 0 amide bonds. The Hall–Kier alpha value is -2.40. The molecule has 25 heavy (non-hydrogen) atoms. The van der Waals surface area contributed by atoms with E-state index >= 15 is 0 Å². The van der Waals surface area contributed by atoms with E-state index in [-0.39, 0.29) is 0 Å². The van der Waals surface area contributed by atoms with Crippen LogP contribution < -0.4 is 4.80 Å². The minimum atomic E-state index is 0.723. The molecular formula is C20H23N3OS. The van der Waals surface area contributed by atoms with Gasteiger partial charge in [0, 0.05) is 17.5 Å². The summed E-state index contributed by atoms with van der Waals surface area (Å²) >= 11 is 1.61. The van der Waals surface area contributed by atoms with Gasteiger partial charge in [0.25, 0.3) is 0 Å². The molecule has 0 aliphatic carbocycles. The Labute approximate surface area is 152 Å². The highest BCUT2D eigenvalue weighted by molar-refractivity contribution is 7.07. The van der Waals surface area contributed by atoms with Crippen molar-refractivity contribution in [2.75, 3.05) is 6.54 Å². The molecule has 0 atom stereocenters. The summed E-state index contributed by atoms with van der Waals surface area (Å²) in [6.07, 6.45) is 1.74. The lowest BCUT2D eigenvalue weighted by molar-refractivity contribution is 0.527. The molecule has 0 bridgehead atoms. The van der Waals surface area contributed by atoms with Crippen molar-refractivity contribution in [1.29, 1.82) is 0 Å². The molecule has 130 valence electrons. The van der Waals surface area contributed by atoms with Crippen LogP contribution in [0.1, 0.15) is 35.1 Å². The summed E-state index contributed by atoms with van der Waals surface area (Å²) in [6, 6.07) is 8.31. The van der Waals surface area contributed by atoms with Crippen LogP contribution in [0, 0.1) is 27.7 Å². The minimum absolute atomic E-state index is 0.723. The van der Waals surface area contributed by atoms with Crippen LogP contribution in [0.25, 0.3) is 11.3 Å². The first-order chi connectivity index (χ1) is 12.0. The Morgan fingerprint density at radius 3 is 2.52 bits per heavy atom. The Morgan fingerprint density at radius 2 is 1.84 bits per heavy atom. The van der Waals surface area contributed by atoms with Crippen molar-refractivity contribution in [3.8, 4) is 11.3 Å². The van der Waals surface area contributed by atoms with Gasteiger partial charge in [0.1, 0.15) is 11.5 Å². The average Bonchev–Trinajstić information content (AvgIpc) is 3.16. The Bertz CT molecular complexity index is 989. The van der Waals surface area contributed by atoms with E-state index in [9.17, 15) is 0 Å². The van der Waals surface area contributed by atoms with Gasteiger partial charge in [-0.2, -0.15) is 5.10 Å². The number of benzene rings is 1. The maximum absolute atomic E-state index is 5.60. The van der Waals surface area contributed by atoms with Gasteiger partial charge >= 0.3 is 0 Å². The van der Waals surface area contributed by atoms with Crippen LogP contribution in [0.3, 0.4) is 0 Å². The summed E-state index contributed by atoms with van der Waals surface area (Å²) in [5.74, 6) is 1.61. The maximum atomic E-state index is 5.60. The zero-order valence-electron chi connectivity index (χ0n) is 15.3. The number of hydrogen-bond acceptors (Lipinski definition) is 4. The van der Waals surface area contributed by atoms with Crippen molar-refractivity contribution in [1.82, 2.24) is 4.68 Å². The van der Waals surface area contributed by atoms with Gasteiger partial charge < -0.3 is 4.42 Å². The molecule has 2 aromatic heterocycles. The normalized spacial score (nSPS) is 12.4. The second-order valence-corrected chi connectivity index (χ2v) is 6.97. The van der Waals surface area contributed by atoms with Crippen LogP contribution in [0.5, 0.6) is 0 Å². The molecule has 5 heteroatoms. The van der Waals surface area contributed by atoms with Crippen molar-refractivity contribution in [3.05, 3.63) is 62.7 Å². The predicted molar refractivity (Wildman–Crippen MR) is 104 cm³/mol. The SMILES string of the molecule is CCN=c1scc(-c2cc(C)c(C)cc2C)n1N=Cc1ccc(C)o1. The first-order valence-electron chi connectivity index (χ1n) is 8.39. The second kappa shape index (κ2) is 7.23. The summed E-state index contributed by atoms with van der Waals surface area (Å²) in [5, 5.41) is 6.77. The van der Waals surface area contributed by atoms with Crippen molar-refractivity contribution < 1.29 is 4.42 Å². The molecule has 0 radical (unpaired) electrons. The Kier molecular flexibility index (Phi) is 5.04. The third-order valence-electron chi connectivity index (χ3n) is 4.16. The highest BCUT2D eigenvalue weighted by atomic mass is 32.1. The van der Waals surface area contributed by atoms with Gasteiger partial charge in [0.05, 0.1) is 11.9 Å². The molecule has 0 N–H and O–H groups in total. The molecule has 0 spiro atoms. The van der Waals surface area contributed by atoms with Gasteiger partial charge in [0.2, 0.25) is 4.80 Å². The average molecular weight is 353 g/mol. The van der Waals surface area contributed by atoms with E-state index in [1.165, 1.54) is 22.3 Å². The van der Waals surface area contributed by atoms with Crippen molar-refractivity contribution >= 4 is 17.6 Å². The van der Waals surface area contributed by atoms with E-state index in [4.69, 9.17) is 4.42 Å².